The molecule has 1 N–H and O–H groups in total. The fourth-order valence-corrected chi connectivity index (χ4v) is 1.38. The van der Waals surface area contributed by atoms with Crippen LogP contribution in [0.1, 0.15) is 47.5 Å². The second-order valence-electron chi connectivity index (χ2n) is 4.17. The summed E-state index contributed by atoms with van der Waals surface area (Å²) >= 11 is 0. The highest BCUT2D eigenvalue weighted by atomic mass is 14.9. The zero-order valence-corrected chi connectivity index (χ0v) is 8.91. The maximum absolute atomic E-state index is 3.42. The summed E-state index contributed by atoms with van der Waals surface area (Å²) in [6, 6.07) is 0. The standard InChI is InChI=1S/C10H23N/c1-7-9(3,4)10(5,8-2)11-6/h11H,7-8H2,1-6H3. The van der Waals surface area contributed by atoms with E-state index in [0.29, 0.717) is 5.41 Å². The Hall–Kier alpha value is -0.0400. The minimum Gasteiger partial charge on any atom is -0.314 e. The van der Waals surface area contributed by atoms with Gasteiger partial charge in [-0.2, -0.15) is 0 Å². The first-order chi connectivity index (χ1) is 4.93. The lowest BCUT2D eigenvalue weighted by Crippen LogP contribution is -2.51. The van der Waals surface area contributed by atoms with Crippen molar-refractivity contribution in [2.45, 2.75) is 53.0 Å². The van der Waals surface area contributed by atoms with E-state index in [1.165, 1.54) is 12.8 Å². The van der Waals surface area contributed by atoms with Crippen molar-refractivity contribution in [3.63, 3.8) is 0 Å². The molecule has 1 atom stereocenters. The molecule has 0 aromatic heterocycles. The third kappa shape index (κ3) is 1.96. The van der Waals surface area contributed by atoms with Crippen molar-refractivity contribution in [1.29, 1.82) is 0 Å². The van der Waals surface area contributed by atoms with Crippen molar-refractivity contribution < 1.29 is 0 Å². The minimum absolute atomic E-state index is 0.280. The lowest BCUT2D eigenvalue weighted by molar-refractivity contribution is 0.134. The summed E-state index contributed by atoms with van der Waals surface area (Å²) in [5.41, 5.74) is 0.665. The average Bonchev–Trinajstić information content (AvgIpc) is 2.02. The Bertz CT molecular complexity index is 112. The van der Waals surface area contributed by atoms with E-state index < -0.39 is 0 Å². The molecule has 0 saturated carbocycles. The van der Waals surface area contributed by atoms with Crippen molar-refractivity contribution in [3.8, 4) is 0 Å². The summed E-state index contributed by atoms with van der Waals surface area (Å²) in [4.78, 5) is 0. The predicted octanol–water partition coefficient (Wildman–Crippen LogP) is 2.81. The van der Waals surface area contributed by atoms with Crippen molar-refractivity contribution in [2.75, 3.05) is 7.05 Å². The van der Waals surface area contributed by atoms with Crippen molar-refractivity contribution in [3.05, 3.63) is 0 Å². The van der Waals surface area contributed by atoms with Crippen LogP contribution in [0.3, 0.4) is 0 Å². The highest BCUT2D eigenvalue weighted by molar-refractivity contribution is 4.93. The van der Waals surface area contributed by atoms with Gasteiger partial charge in [-0.25, -0.2) is 0 Å². The molecule has 0 rings (SSSR count). The molecule has 0 saturated heterocycles. The van der Waals surface area contributed by atoms with Gasteiger partial charge in [0.15, 0.2) is 0 Å². The van der Waals surface area contributed by atoms with Crippen molar-refractivity contribution in [2.24, 2.45) is 5.41 Å². The van der Waals surface area contributed by atoms with Crippen LogP contribution >= 0.6 is 0 Å². The van der Waals surface area contributed by atoms with Crippen LogP contribution in [0.25, 0.3) is 0 Å². The molecule has 0 spiro atoms. The SMILES string of the molecule is CCC(C)(C)C(C)(CC)NC. The fraction of sp³-hybridized carbons (Fsp3) is 1.00. The van der Waals surface area contributed by atoms with Crippen LogP contribution in [0, 0.1) is 5.41 Å². The van der Waals surface area contributed by atoms with Gasteiger partial charge >= 0.3 is 0 Å². The van der Waals surface area contributed by atoms with E-state index in [1.54, 1.807) is 0 Å². The Morgan fingerprint density at radius 1 is 1.00 bits per heavy atom. The van der Waals surface area contributed by atoms with Gasteiger partial charge in [-0.3, -0.25) is 0 Å². The largest absolute Gasteiger partial charge is 0.314 e. The maximum Gasteiger partial charge on any atom is 0.0198 e. The lowest BCUT2D eigenvalue weighted by atomic mass is 9.70. The molecular formula is C10H23N. The van der Waals surface area contributed by atoms with Crippen LogP contribution in [0.15, 0.2) is 0 Å². The smallest absolute Gasteiger partial charge is 0.0198 e. The van der Waals surface area contributed by atoms with E-state index in [-0.39, 0.29) is 5.54 Å². The third-order valence-corrected chi connectivity index (χ3v) is 3.64. The van der Waals surface area contributed by atoms with Gasteiger partial charge in [0.2, 0.25) is 0 Å². The predicted molar refractivity (Wildman–Crippen MR) is 51.8 cm³/mol. The van der Waals surface area contributed by atoms with Crippen LogP contribution in [-0.2, 0) is 0 Å². The highest BCUT2D eigenvalue weighted by Gasteiger charge is 2.36. The quantitative estimate of drug-likeness (QED) is 0.661. The Morgan fingerprint density at radius 2 is 1.45 bits per heavy atom. The minimum atomic E-state index is 0.280. The molecule has 0 aliphatic rings. The van der Waals surface area contributed by atoms with Crippen molar-refractivity contribution >= 4 is 0 Å². The molecule has 0 radical (unpaired) electrons. The van der Waals surface area contributed by atoms with Crippen LogP contribution in [0.5, 0.6) is 0 Å². The van der Waals surface area contributed by atoms with E-state index >= 15 is 0 Å². The Morgan fingerprint density at radius 3 is 1.55 bits per heavy atom. The molecule has 0 heterocycles. The maximum atomic E-state index is 3.42. The molecule has 0 fully saturated rings. The second kappa shape index (κ2) is 3.57. The van der Waals surface area contributed by atoms with E-state index in [1.807, 2.05) is 0 Å². The van der Waals surface area contributed by atoms with Gasteiger partial charge in [0, 0.05) is 5.54 Å². The molecule has 0 bridgehead atoms. The van der Waals surface area contributed by atoms with Crippen LogP contribution in [0.4, 0.5) is 0 Å². The van der Waals surface area contributed by atoms with E-state index in [2.05, 4.69) is 47.0 Å². The summed E-state index contributed by atoms with van der Waals surface area (Å²) in [5.74, 6) is 0. The fourth-order valence-electron chi connectivity index (χ4n) is 1.38. The lowest BCUT2D eigenvalue weighted by Gasteiger charge is -2.43. The molecule has 68 valence electrons. The zero-order chi connectivity index (χ0) is 9.12. The molecule has 0 aromatic rings. The monoisotopic (exact) mass is 157 g/mol. The molecule has 1 nitrogen and oxygen atoms in total. The first-order valence-corrected chi connectivity index (χ1v) is 4.62. The summed E-state index contributed by atoms with van der Waals surface area (Å²) < 4.78 is 0. The summed E-state index contributed by atoms with van der Waals surface area (Å²) in [5, 5.41) is 3.42. The van der Waals surface area contributed by atoms with Gasteiger partial charge in [0.1, 0.15) is 0 Å². The number of nitrogens with one attached hydrogen (secondary N) is 1. The normalized spacial score (nSPS) is 18.0. The van der Waals surface area contributed by atoms with E-state index in [9.17, 15) is 0 Å². The first kappa shape index (κ1) is 11.0. The molecule has 0 amide bonds. The first-order valence-electron chi connectivity index (χ1n) is 4.62. The van der Waals surface area contributed by atoms with Crippen LogP contribution in [-0.4, -0.2) is 12.6 Å². The Kier molecular flexibility index (Phi) is 3.56. The van der Waals surface area contributed by atoms with Gasteiger partial charge in [-0.1, -0.05) is 27.7 Å². The molecule has 0 aliphatic heterocycles. The van der Waals surface area contributed by atoms with Gasteiger partial charge in [-0.05, 0) is 32.2 Å². The van der Waals surface area contributed by atoms with Gasteiger partial charge in [0.05, 0.1) is 0 Å². The van der Waals surface area contributed by atoms with Gasteiger partial charge in [-0.15, -0.1) is 0 Å². The molecule has 1 unspecified atom stereocenters. The molecule has 0 aliphatic carbocycles. The highest BCUT2D eigenvalue weighted by Crippen LogP contribution is 2.35. The van der Waals surface area contributed by atoms with E-state index in [0.717, 1.165) is 0 Å². The summed E-state index contributed by atoms with van der Waals surface area (Å²) in [6.07, 6.45) is 2.41. The molecule has 11 heavy (non-hydrogen) atoms. The molecule has 0 aromatic carbocycles. The van der Waals surface area contributed by atoms with Crippen molar-refractivity contribution in [1.82, 2.24) is 5.32 Å². The van der Waals surface area contributed by atoms with Crippen LogP contribution < -0.4 is 5.32 Å². The molecule has 1 heteroatoms. The topological polar surface area (TPSA) is 12.0 Å². The summed E-state index contributed by atoms with van der Waals surface area (Å²) in [7, 11) is 2.06. The number of rotatable bonds is 4. The van der Waals surface area contributed by atoms with Gasteiger partial charge in [0.25, 0.3) is 0 Å². The average molecular weight is 157 g/mol. The number of hydrogen-bond donors (Lipinski definition) is 1. The Labute approximate surface area is 71.6 Å². The van der Waals surface area contributed by atoms with Crippen LogP contribution in [0.2, 0.25) is 0 Å². The zero-order valence-electron chi connectivity index (χ0n) is 8.91. The number of hydrogen-bond acceptors (Lipinski definition) is 1. The molecular weight excluding hydrogens is 134 g/mol. The third-order valence-electron chi connectivity index (χ3n) is 3.64. The van der Waals surface area contributed by atoms with Gasteiger partial charge < -0.3 is 5.32 Å². The summed E-state index contributed by atoms with van der Waals surface area (Å²) in [6.45, 7) is 11.5. The Balaban J connectivity index is 4.47. The second-order valence-corrected chi connectivity index (χ2v) is 4.17. The van der Waals surface area contributed by atoms with E-state index in [4.69, 9.17) is 0 Å².